The Morgan fingerprint density at radius 2 is 1.79 bits per heavy atom. The third-order valence-electron chi connectivity index (χ3n) is 2.79. The number of aliphatic hydroxyl groups excluding tert-OH is 1. The van der Waals surface area contributed by atoms with Gasteiger partial charge in [-0.25, -0.2) is 0 Å². The Kier molecular flexibility index (Phi) is 4.70. The quantitative estimate of drug-likeness (QED) is 0.891. The molecule has 0 bridgehead atoms. The number of ether oxygens (including phenoxy) is 1. The summed E-state index contributed by atoms with van der Waals surface area (Å²) in [6.45, 7) is 2.08. The summed E-state index contributed by atoms with van der Waals surface area (Å²) in [5, 5.41) is 10.5. The molecule has 0 fully saturated rings. The van der Waals surface area contributed by atoms with Gasteiger partial charge in [-0.2, -0.15) is 0 Å². The number of rotatable bonds is 4. The van der Waals surface area contributed by atoms with Gasteiger partial charge in [-0.1, -0.05) is 47.5 Å². The number of hydrogen-bond acceptors (Lipinski definition) is 2. The minimum Gasteiger partial charge on any atom is -0.489 e. The van der Waals surface area contributed by atoms with Gasteiger partial charge in [0.25, 0.3) is 0 Å². The van der Waals surface area contributed by atoms with Gasteiger partial charge in [-0.15, -0.1) is 0 Å². The molecule has 100 valence electrons. The Labute approximate surface area is 122 Å². The standard InChI is InChI=1S/C15H14Cl2O2/c1-10(18)11-5-7-13(8-6-11)19-9-12-3-2-4-14(16)15(12)17/h2-8,10,18H,9H2,1H3/t10-/m1/s1. The highest BCUT2D eigenvalue weighted by Crippen LogP contribution is 2.26. The average Bonchev–Trinajstić information content (AvgIpc) is 2.41. The number of hydrogen-bond donors (Lipinski definition) is 1. The third kappa shape index (κ3) is 3.63. The van der Waals surface area contributed by atoms with Crippen molar-refractivity contribution < 1.29 is 9.84 Å². The van der Waals surface area contributed by atoms with Gasteiger partial charge in [-0.05, 0) is 30.7 Å². The Morgan fingerprint density at radius 1 is 1.11 bits per heavy atom. The van der Waals surface area contributed by atoms with Gasteiger partial charge in [0.05, 0.1) is 16.1 Å². The predicted molar refractivity (Wildman–Crippen MR) is 77.9 cm³/mol. The Hall–Kier alpha value is -1.22. The summed E-state index contributed by atoms with van der Waals surface area (Å²) < 4.78 is 5.64. The molecule has 0 aliphatic carbocycles. The molecule has 0 saturated heterocycles. The van der Waals surface area contributed by atoms with Crippen molar-refractivity contribution in [1.29, 1.82) is 0 Å². The molecule has 1 N–H and O–H groups in total. The minimum absolute atomic E-state index is 0.355. The highest BCUT2D eigenvalue weighted by atomic mass is 35.5. The molecule has 0 radical (unpaired) electrons. The average molecular weight is 297 g/mol. The molecule has 2 aromatic rings. The summed E-state index contributed by atoms with van der Waals surface area (Å²) in [5.74, 6) is 0.723. The second-order valence-electron chi connectivity index (χ2n) is 4.25. The SMILES string of the molecule is C[C@@H](O)c1ccc(OCc2cccc(Cl)c2Cl)cc1. The van der Waals surface area contributed by atoms with Gasteiger partial charge in [0.15, 0.2) is 0 Å². The zero-order chi connectivity index (χ0) is 13.8. The van der Waals surface area contributed by atoms with Crippen molar-refractivity contribution >= 4 is 23.2 Å². The maximum Gasteiger partial charge on any atom is 0.119 e. The van der Waals surface area contributed by atoms with Gasteiger partial charge in [-0.3, -0.25) is 0 Å². The summed E-state index contributed by atoms with van der Waals surface area (Å²) >= 11 is 12.0. The second-order valence-corrected chi connectivity index (χ2v) is 5.03. The first kappa shape index (κ1) is 14.2. The molecule has 19 heavy (non-hydrogen) atoms. The summed E-state index contributed by atoms with van der Waals surface area (Å²) in [6.07, 6.45) is -0.476. The maximum atomic E-state index is 9.42. The lowest BCUT2D eigenvalue weighted by atomic mass is 10.1. The first-order valence-corrected chi connectivity index (χ1v) is 6.67. The van der Waals surface area contributed by atoms with Crippen LogP contribution in [0, 0.1) is 0 Å². The Bertz CT molecular complexity index is 551. The maximum absolute atomic E-state index is 9.42. The van der Waals surface area contributed by atoms with Crippen LogP contribution in [0.15, 0.2) is 42.5 Å². The van der Waals surface area contributed by atoms with Crippen LogP contribution in [0.5, 0.6) is 5.75 Å². The van der Waals surface area contributed by atoms with E-state index in [1.165, 1.54) is 0 Å². The van der Waals surface area contributed by atoms with E-state index in [0.29, 0.717) is 16.7 Å². The molecular weight excluding hydrogens is 283 g/mol. The topological polar surface area (TPSA) is 29.5 Å². The van der Waals surface area contributed by atoms with E-state index in [9.17, 15) is 5.11 Å². The lowest BCUT2D eigenvalue weighted by Gasteiger charge is -2.10. The van der Waals surface area contributed by atoms with Gasteiger partial charge >= 0.3 is 0 Å². The molecular formula is C15H14Cl2O2. The highest BCUT2D eigenvalue weighted by molar-refractivity contribution is 6.42. The molecule has 2 aromatic carbocycles. The van der Waals surface area contributed by atoms with E-state index in [-0.39, 0.29) is 0 Å². The molecule has 0 heterocycles. The highest BCUT2D eigenvalue weighted by Gasteiger charge is 2.05. The fraction of sp³-hybridized carbons (Fsp3) is 0.200. The van der Waals surface area contributed by atoms with Crippen LogP contribution in [0.1, 0.15) is 24.2 Å². The van der Waals surface area contributed by atoms with E-state index in [0.717, 1.165) is 16.9 Å². The zero-order valence-electron chi connectivity index (χ0n) is 10.4. The van der Waals surface area contributed by atoms with Gasteiger partial charge < -0.3 is 9.84 Å². The van der Waals surface area contributed by atoms with Crippen LogP contribution < -0.4 is 4.74 Å². The van der Waals surface area contributed by atoms with Crippen LogP contribution >= 0.6 is 23.2 Å². The van der Waals surface area contributed by atoms with Crippen molar-refractivity contribution in [3.8, 4) is 5.75 Å². The monoisotopic (exact) mass is 296 g/mol. The van der Waals surface area contributed by atoms with Crippen LogP contribution in [-0.4, -0.2) is 5.11 Å². The van der Waals surface area contributed by atoms with Gasteiger partial charge in [0.1, 0.15) is 12.4 Å². The molecule has 4 heteroatoms. The molecule has 1 atom stereocenters. The summed E-state index contributed by atoms with van der Waals surface area (Å²) in [5.41, 5.74) is 1.70. The molecule has 0 aromatic heterocycles. The lowest BCUT2D eigenvalue weighted by Crippen LogP contribution is -1.97. The van der Waals surface area contributed by atoms with Crippen LogP contribution in [0.4, 0.5) is 0 Å². The van der Waals surface area contributed by atoms with E-state index in [2.05, 4.69) is 0 Å². The second kappa shape index (κ2) is 6.29. The number of halogens is 2. The van der Waals surface area contributed by atoms with E-state index in [4.69, 9.17) is 27.9 Å². The van der Waals surface area contributed by atoms with Crippen molar-refractivity contribution in [2.45, 2.75) is 19.6 Å². The number of aliphatic hydroxyl groups is 1. The van der Waals surface area contributed by atoms with Gasteiger partial charge in [0, 0.05) is 5.56 Å². The van der Waals surface area contributed by atoms with E-state index in [1.807, 2.05) is 36.4 Å². The molecule has 0 amide bonds. The molecule has 0 spiro atoms. The normalized spacial score (nSPS) is 12.2. The minimum atomic E-state index is -0.476. The Morgan fingerprint density at radius 3 is 2.42 bits per heavy atom. The summed E-state index contributed by atoms with van der Waals surface area (Å²) in [6, 6.07) is 12.8. The van der Waals surface area contributed by atoms with Crippen LogP contribution in [-0.2, 0) is 6.61 Å². The molecule has 0 aliphatic heterocycles. The number of benzene rings is 2. The third-order valence-corrected chi connectivity index (χ3v) is 3.65. The molecule has 0 saturated carbocycles. The van der Waals surface area contributed by atoms with Crippen LogP contribution in [0.25, 0.3) is 0 Å². The zero-order valence-corrected chi connectivity index (χ0v) is 11.9. The smallest absolute Gasteiger partial charge is 0.119 e. The fourth-order valence-electron chi connectivity index (χ4n) is 1.66. The molecule has 0 aliphatic rings. The Balaban J connectivity index is 2.04. The van der Waals surface area contributed by atoms with E-state index < -0.39 is 6.10 Å². The van der Waals surface area contributed by atoms with Crippen molar-refractivity contribution in [3.63, 3.8) is 0 Å². The van der Waals surface area contributed by atoms with Crippen molar-refractivity contribution in [2.24, 2.45) is 0 Å². The summed E-state index contributed by atoms with van der Waals surface area (Å²) in [7, 11) is 0. The molecule has 2 rings (SSSR count). The first-order chi connectivity index (χ1) is 9.08. The van der Waals surface area contributed by atoms with E-state index >= 15 is 0 Å². The largest absolute Gasteiger partial charge is 0.489 e. The van der Waals surface area contributed by atoms with Crippen molar-refractivity contribution in [1.82, 2.24) is 0 Å². The summed E-state index contributed by atoms with van der Waals surface area (Å²) in [4.78, 5) is 0. The molecule has 2 nitrogen and oxygen atoms in total. The van der Waals surface area contributed by atoms with Crippen LogP contribution in [0.2, 0.25) is 10.0 Å². The molecule has 0 unspecified atom stereocenters. The fourth-order valence-corrected chi connectivity index (χ4v) is 2.04. The lowest BCUT2D eigenvalue weighted by molar-refractivity contribution is 0.199. The van der Waals surface area contributed by atoms with E-state index in [1.54, 1.807) is 13.0 Å². The van der Waals surface area contributed by atoms with Crippen molar-refractivity contribution in [2.75, 3.05) is 0 Å². The van der Waals surface area contributed by atoms with Crippen molar-refractivity contribution in [3.05, 3.63) is 63.6 Å². The van der Waals surface area contributed by atoms with Gasteiger partial charge in [0.2, 0.25) is 0 Å². The first-order valence-electron chi connectivity index (χ1n) is 5.91. The van der Waals surface area contributed by atoms with Crippen LogP contribution in [0.3, 0.4) is 0 Å². The predicted octanol–water partition coefficient (Wildman–Crippen LogP) is 4.63.